The standard InChI is InChI=1S/C17H24N6O/c1-13-8-15-21(3)16(24)9-17(23(15)19-13)4-6-22(7-5-17)12-14-10-18-20(2)11-14/h8,10-11H,4-7,9,12H2,1-3H3. The van der Waals surface area contributed by atoms with Gasteiger partial charge in [-0.15, -0.1) is 0 Å². The van der Waals surface area contributed by atoms with Gasteiger partial charge in [-0.2, -0.15) is 10.2 Å². The van der Waals surface area contributed by atoms with Gasteiger partial charge in [0.05, 0.1) is 23.9 Å². The molecule has 0 unspecified atom stereocenters. The van der Waals surface area contributed by atoms with Crippen molar-refractivity contribution >= 4 is 11.7 Å². The first kappa shape index (κ1) is 15.4. The van der Waals surface area contributed by atoms with Gasteiger partial charge in [-0.1, -0.05) is 0 Å². The van der Waals surface area contributed by atoms with Gasteiger partial charge in [0, 0.05) is 51.6 Å². The lowest BCUT2D eigenvalue weighted by Gasteiger charge is -2.46. The summed E-state index contributed by atoms with van der Waals surface area (Å²) in [6.07, 6.45) is 6.47. The molecular formula is C17H24N6O. The number of carbonyl (C=O) groups excluding carboxylic acids is 1. The first-order valence-corrected chi connectivity index (χ1v) is 8.50. The number of hydrogen-bond acceptors (Lipinski definition) is 4. The molecule has 0 radical (unpaired) electrons. The lowest BCUT2D eigenvalue weighted by Crippen LogP contribution is -2.53. The van der Waals surface area contributed by atoms with Gasteiger partial charge in [-0.3, -0.25) is 14.4 Å². The van der Waals surface area contributed by atoms with Crippen LogP contribution in [0.1, 0.15) is 30.5 Å². The maximum Gasteiger partial charge on any atom is 0.230 e. The molecule has 2 aliphatic heterocycles. The van der Waals surface area contributed by atoms with Gasteiger partial charge in [0.15, 0.2) is 0 Å². The Balaban J connectivity index is 1.53. The van der Waals surface area contributed by atoms with Crippen LogP contribution in [0.5, 0.6) is 0 Å². The van der Waals surface area contributed by atoms with Gasteiger partial charge in [-0.25, -0.2) is 4.68 Å². The molecule has 0 bridgehead atoms. The maximum atomic E-state index is 12.5. The third-order valence-electron chi connectivity index (χ3n) is 5.41. The summed E-state index contributed by atoms with van der Waals surface area (Å²) in [5, 5.41) is 8.96. The van der Waals surface area contributed by atoms with Gasteiger partial charge < -0.3 is 4.90 Å². The zero-order valence-electron chi connectivity index (χ0n) is 14.6. The molecule has 0 N–H and O–H groups in total. The third kappa shape index (κ3) is 2.43. The van der Waals surface area contributed by atoms with E-state index in [2.05, 4.69) is 20.9 Å². The van der Waals surface area contributed by atoms with E-state index in [1.165, 1.54) is 5.56 Å². The fourth-order valence-electron chi connectivity index (χ4n) is 4.00. The van der Waals surface area contributed by atoms with E-state index in [9.17, 15) is 4.79 Å². The van der Waals surface area contributed by atoms with E-state index in [0.717, 1.165) is 44.0 Å². The number of hydrogen-bond donors (Lipinski definition) is 0. The Labute approximate surface area is 141 Å². The van der Waals surface area contributed by atoms with E-state index in [4.69, 9.17) is 5.10 Å². The second-order valence-electron chi connectivity index (χ2n) is 7.21. The SMILES string of the molecule is Cc1cc2n(n1)C1(CCN(Cc3cnn(C)c3)CC1)CC(=O)N2C. The molecule has 7 nitrogen and oxygen atoms in total. The highest BCUT2D eigenvalue weighted by Crippen LogP contribution is 2.41. The van der Waals surface area contributed by atoms with Gasteiger partial charge >= 0.3 is 0 Å². The van der Waals surface area contributed by atoms with Crippen LogP contribution in [0.4, 0.5) is 5.82 Å². The monoisotopic (exact) mass is 328 g/mol. The molecule has 0 aliphatic carbocycles. The number of nitrogens with zero attached hydrogens (tertiary/aromatic N) is 6. The lowest BCUT2D eigenvalue weighted by atomic mass is 9.82. The van der Waals surface area contributed by atoms with E-state index >= 15 is 0 Å². The minimum atomic E-state index is -0.154. The van der Waals surface area contributed by atoms with Crippen LogP contribution in [0, 0.1) is 6.92 Å². The molecule has 0 atom stereocenters. The second-order valence-corrected chi connectivity index (χ2v) is 7.21. The Morgan fingerprint density at radius 2 is 2.00 bits per heavy atom. The summed E-state index contributed by atoms with van der Waals surface area (Å²) < 4.78 is 3.96. The first-order valence-electron chi connectivity index (χ1n) is 8.50. The lowest BCUT2D eigenvalue weighted by molar-refractivity contribution is -0.122. The van der Waals surface area contributed by atoms with Crippen molar-refractivity contribution in [2.75, 3.05) is 25.0 Å². The van der Waals surface area contributed by atoms with E-state index in [1.807, 2.05) is 38.0 Å². The van der Waals surface area contributed by atoms with Gasteiger partial charge in [-0.05, 0) is 19.8 Å². The van der Waals surface area contributed by atoms with E-state index in [-0.39, 0.29) is 11.4 Å². The van der Waals surface area contributed by atoms with Crippen LogP contribution in [0.3, 0.4) is 0 Å². The van der Waals surface area contributed by atoms with Crippen LogP contribution in [-0.2, 0) is 23.9 Å². The smallest absolute Gasteiger partial charge is 0.230 e. The Morgan fingerprint density at radius 3 is 2.67 bits per heavy atom. The highest BCUT2D eigenvalue weighted by Gasteiger charge is 2.45. The van der Waals surface area contributed by atoms with E-state index < -0.39 is 0 Å². The van der Waals surface area contributed by atoms with Crippen LogP contribution in [0.15, 0.2) is 18.5 Å². The topological polar surface area (TPSA) is 59.2 Å². The molecule has 2 aromatic heterocycles. The molecule has 0 saturated carbocycles. The maximum absolute atomic E-state index is 12.5. The molecule has 1 saturated heterocycles. The third-order valence-corrected chi connectivity index (χ3v) is 5.41. The number of amides is 1. The number of likely N-dealkylation sites (tertiary alicyclic amines) is 1. The summed E-state index contributed by atoms with van der Waals surface area (Å²) in [7, 11) is 3.79. The first-order chi connectivity index (χ1) is 11.5. The predicted molar refractivity (Wildman–Crippen MR) is 90.7 cm³/mol. The van der Waals surface area contributed by atoms with Crippen molar-refractivity contribution in [3.63, 3.8) is 0 Å². The fourth-order valence-corrected chi connectivity index (χ4v) is 4.00. The van der Waals surface area contributed by atoms with E-state index in [1.54, 1.807) is 4.90 Å². The predicted octanol–water partition coefficient (Wildman–Crippen LogP) is 1.28. The molecule has 128 valence electrons. The summed E-state index contributed by atoms with van der Waals surface area (Å²) in [6, 6.07) is 2.01. The zero-order chi connectivity index (χ0) is 16.9. The number of aromatic nitrogens is 4. The van der Waals surface area contributed by atoms with Crippen molar-refractivity contribution in [2.24, 2.45) is 7.05 Å². The molecular weight excluding hydrogens is 304 g/mol. The minimum absolute atomic E-state index is 0.154. The minimum Gasteiger partial charge on any atom is -0.300 e. The zero-order valence-corrected chi connectivity index (χ0v) is 14.6. The molecule has 24 heavy (non-hydrogen) atoms. The second kappa shape index (κ2) is 5.44. The highest BCUT2D eigenvalue weighted by atomic mass is 16.2. The summed E-state index contributed by atoms with van der Waals surface area (Å²) in [5.74, 6) is 1.13. The van der Waals surface area contributed by atoms with Crippen molar-refractivity contribution in [3.05, 3.63) is 29.7 Å². The molecule has 4 heterocycles. The van der Waals surface area contributed by atoms with Crippen molar-refractivity contribution in [1.82, 2.24) is 24.5 Å². The van der Waals surface area contributed by atoms with E-state index in [0.29, 0.717) is 6.42 Å². The average Bonchev–Trinajstić information content (AvgIpc) is 3.14. The Kier molecular flexibility index (Phi) is 3.49. The van der Waals surface area contributed by atoms with Gasteiger partial charge in [0.2, 0.25) is 5.91 Å². The van der Waals surface area contributed by atoms with Crippen LogP contribution < -0.4 is 4.90 Å². The molecule has 0 aromatic carbocycles. The highest BCUT2D eigenvalue weighted by molar-refractivity contribution is 5.94. The molecule has 2 aromatic rings. The molecule has 2 aliphatic rings. The van der Waals surface area contributed by atoms with Gasteiger partial charge in [0.25, 0.3) is 0 Å². The normalized spacial score (nSPS) is 20.6. The quantitative estimate of drug-likeness (QED) is 0.833. The average molecular weight is 328 g/mol. The summed E-state index contributed by atoms with van der Waals surface area (Å²) in [5.41, 5.74) is 2.06. The Hall–Kier alpha value is -2.15. The van der Waals surface area contributed by atoms with Crippen molar-refractivity contribution in [2.45, 2.75) is 38.3 Å². The van der Waals surface area contributed by atoms with Crippen LogP contribution >= 0.6 is 0 Å². The van der Waals surface area contributed by atoms with Crippen molar-refractivity contribution < 1.29 is 4.79 Å². The molecule has 1 spiro atoms. The summed E-state index contributed by atoms with van der Waals surface area (Å²) in [4.78, 5) is 16.7. The number of rotatable bonds is 2. The van der Waals surface area contributed by atoms with Crippen LogP contribution in [0.2, 0.25) is 0 Å². The number of aryl methyl sites for hydroxylation is 2. The Bertz CT molecular complexity index is 768. The molecule has 1 amide bonds. The van der Waals surface area contributed by atoms with Crippen molar-refractivity contribution in [3.8, 4) is 0 Å². The largest absolute Gasteiger partial charge is 0.300 e. The molecule has 1 fully saturated rings. The van der Waals surface area contributed by atoms with Gasteiger partial charge in [0.1, 0.15) is 5.82 Å². The number of piperidine rings is 1. The number of anilines is 1. The molecule has 4 rings (SSSR count). The van der Waals surface area contributed by atoms with Crippen LogP contribution in [0.25, 0.3) is 0 Å². The Morgan fingerprint density at radius 1 is 1.25 bits per heavy atom. The summed E-state index contributed by atoms with van der Waals surface area (Å²) in [6.45, 7) is 4.87. The molecule has 7 heteroatoms. The number of carbonyl (C=O) groups is 1. The van der Waals surface area contributed by atoms with Crippen LogP contribution in [-0.4, -0.2) is 50.5 Å². The van der Waals surface area contributed by atoms with Crippen molar-refractivity contribution in [1.29, 1.82) is 0 Å². The fraction of sp³-hybridized carbons (Fsp3) is 0.588. The summed E-state index contributed by atoms with van der Waals surface area (Å²) >= 11 is 0. The number of fused-ring (bicyclic) bond motifs is 2.